The van der Waals surface area contributed by atoms with E-state index in [0.29, 0.717) is 65.0 Å². The topological polar surface area (TPSA) is 221 Å². The second-order valence-corrected chi connectivity index (χ2v) is 40.8. The van der Waals surface area contributed by atoms with E-state index < -0.39 is 0 Å². The molecule has 14 heterocycles. The van der Waals surface area contributed by atoms with Crippen LogP contribution in [0.1, 0.15) is 61.0 Å². The summed E-state index contributed by atoms with van der Waals surface area (Å²) in [5, 5.41) is 17.4. The summed E-state index contributed by atoms with van der Waals surface area (Å²) in [5.74, 6) is 0.529. The van der Waals surface area contributed by atoms with E-state index in [9.17, 15) is 0 Å². The smallest absolute Gasteiger partial charge is 0.536 e. The summed E-state index contributed by atoms with van der Waals surface area (Å²) in [6.45, 7) is 18.4. The van der Waals surface area contributed by atoms with Gasteiger partial charge in [0.2, 0.25) is 0 Å². The molecule has 21 aromatic rings. The number of aryl methyl sites for hydroxylation is 1. The first-order valence-corrected chi connectivity index (χ1v) is 50.6. The van der Waals surface area contributed by atoms with E-state index in [1.807, 2.05) is 202 Å². The molecule has 2 aliphatic heterocycles. The van der Waals surface area contributed by atoms with Crippen LogP contribution in [0.15, 0.2) is 365 Å². The molecule has 739 valence electrons. The van der Waals surface area contributed by atoms with Crippen molar-refractivity contribution >= 4 is 227 Å². The Labute approximate surface area is 930 Å². The molecule has 2 fully saturated rings. The Morgan fingerprint density at radius 1 is 0.235 bits per heavy atom. The third-order valence-corrected chi connectivity index (χ3v) is 27.4. The minimum absolute atomic E-state index is 0. The lowest BCUT2D eigenvalue weighted by molar-refractivity contribution is 0.00578. The highest BCUT2D eigenvalue weighted by Gasteiger charge is 2.54. The summed E-state index contributed by atoms with van der Waals surface area (Å²) in [4.78, 5) is 53.3. The van der Waals surface area contributed by atoms with Crippen molar-refractivity contribution < 1.29 is 28.3 Å². The second-order valence-electron chi connectivity index (χ2n) is 36.9. The molecule has 2 saturated heterocycles. The summed E-state index contributed by atoms with van der Waals surface area (Å²) >= 11 is 58.8. The van der Waals surface area contributed by atoms with Crippen LogP contribution in [0.25, 0.3) is 166 Å². The van der Waals surface area contributed by atoms with E-state index >= 15 is 0 Å². The van der Waals surface area contributed by atoms with Gasteiger partial charge in [0.25, 0.3) is 0 Å². The molecule has 9 aromatic carbocycles. The number of hydrogen-bond acceptors (Lipinski definition) is 18. The highest BCUT2D eigenvalue weighted by molar-refractivity contribution is 14.0. The number of hydrogen-bond donors (Lipinski definition) is 1. The van der Waals surface area contributed by atoms with Gasteiger partial charge in [-0.25, -0.2) is 34.9 Å². The normalized spacial score (nSPS) is 13.4. The summed E-state index contributed by atoms with van der Waals surface area (Å²) in [6, 6.07) is 110. The zero-order valence-electron chi connectivity index (χ0n) is 81.4. The fourth-order valence-electron chi connectivity index (χ4n) is 16.6. The molecule has 1 radical (unpaired) electrons. The molecule has 1 N–H and O–H groups in total. The molecular weight excluding hydrogens is 2180 g/mol. The fourth-order valence-corrected chi connectivity index (χ4v) is 19.0. The van der Waals surface area contributed by atoms with Crippen LogP contribution in [0.4, 0.5) is 0 Å². The number of pyridine rings is 12. The van der Waals surface area contributed by atoms with Gasteiger partial charge in [-0.3, -0.25) is 24.9 Å². The molecule has 12 aromatic heterocycles. The maximum Gasteiger partial charge on any atom is 0.569 e. The molecular formula is C117H89B3Cl10IN12O6. The van der Waals surface area contributed by atoms with Gasteiger partial charge < -0.3 is 28.3 Å². The fraction of sp³-hybridized carbons (Fsp3) is 0.111. The number of nitrogens with zero attached hydrogens (tertiary/aromatic N) is 12. The van der Waals surface area contributed by atoms with Crippen molar-refractivity contribution in [2.75, 3.05) is 0 Å². The average Bonchev–Trinajstić information content (AvgIpc) is 1.67. The third-order valence-electron chi connectivity index (χ3n) is 25.5. The molecule has 0 saturated carbocycles. The number of rotatable bonds is 14. The largest absolute Gasteiger partial charge is 0.569 e. The molecule has 23 rings (SSSR count). The standard InChI is InChI=1S/C52H32N6.C18H28B2O4.2C16H8Cl4N2.C9H7BNO2.C6H5Cl2N.HI/c1-5-16-45-35(10-1)21-41(29-53-45)49-25-39(26-50(57-49)42-22-36-11-2-6-17-46(36)54-30-42)33-14-9-15-34(20-33)40-27-51(43-23-37-12-3-7-18-47(37)55-31-43)58-52(28-40)44-24-38-13-4-8-19-48(38)56-32-44;1-15(2)16(3,4)22-19(21-15)13-10-9-11-14(12-13)20-23-17(5,6)18(7,8)24-20;2*17-13-5-11(6-14(18)21-13)9-2-1-3-10(4-9)12-7-15(19)22-16(20)8-12;12-10-13-8-5-7-3-1-2-4-9(7)11-6-8;1-4-2-5(7)9-6(8)3-4;/h1-32H;9-12H,1-8H3;2*1-8H;1-6,12H;2-3H,1H3;1H. The van der Waals surface area contributed by atoms with Gasteiger partial charge in [0.05, 0.1) is 79.0 Å². The molecule has 0 amide bonds. The summed E-state index contributed by atoms with van der Waals surface area (Å²) < 4.78 is 29.4. The molecule has 18 nitrogen and oxygen atoms in total. The molecule has 0 bridgehead atoms. The van der Waals surface area contributed by atoms with Crippen molar-refractivity contribution in [3.05, 3.63) is 422 Å². The van der Waals surface area contributed by atoms with Crippen molar-refractivity contribution in [1.29, 1.82) is 0 Å². The van der Waals surface area contributed by atoms with Gasteiger partial charge in [-0.15, -0.1) is 24.0 Å². The Bertz CT molecular complexity index is 7640. The maximum absolute atomic E-state index is 8.42. The van der Waals surface area contributed by atoms with Crippen LogP contribution in [0, 0.1) is 6.92 Å². The van der Waals surface area contributed by atoms with Crippen molar-refractivity contribution in [3.63, 3.8) is 0 Å². The van der Waals surface area contributed by atoms with E-state index in [2.05, 4.69) is 188 Å². The van der Waals surface area contributed by atoms with E-state index in [0.717, 1.165) is 183 Å². The van der Waals surface area contributed by atoms with E-state index in [-0.39, 0.29) is 60.6 Å². The minimum Gasteiger partial charge on any atom is -0.536 e. The maximum atomic E-state index is 8.42. The van der Waals surface area contributed by atoms with Gasteiger partial charge in [-0.2, -0.15) is 0 Å². The van der Waals surface area contributed by atoms with E-state index in [1.165, 1.54) is 0 Å². The van der Waals surface area contributed by atoms with Crippen LogP contribution >= 0.6 is 140 Å². The highest BCUT2D eigenvalue weighted by atomic mass is 127. The van der Waals surface area contributed by atoms with Crippen LogP contribution in [0.2, 0.25) is 51.5 Å². The molecule has 2 aliphatic rings. The van der Waals surface area contributed by atoms with Gasteiger partial charge in [0, 0.05) is 74.0 Å². The van der Waals surface area contributed by atoms with Gasteiger partial charge in [0.1, 0.15) is 57.3 Å². The molecule has 32 heteroatoms. The molecule has 0 atom stereocenters. The van der Waals surface area contributed by atoms with Crippen molar-refractivity contribution in [3.8, 4) is 118 Å². The number of benzene rings is 9. The number of aromatic nitrogens is 12. The van der Waals surface area contributed by atoms with Crippen LogP contribution in [-0.2, 0) is 18.6 Å². The van der Waals surface area contributed by atoms with Crippen LogP contribution < -0.4 is 15.6 Å². The lowest BCUT2D eigenvalue weighted by Gasteiger charge is -2.32. The Morgan fingerprint density at radius 3 is 0.705 bits per heavy atom. The van der Waals surface area contributed by atoms with Crippen molar-refractivity contribution in [1.82, 2.24) is 59.8 Å². The first-order valence-electron chi connectivity index (χ1n) is 46.8. The molecule has 0 aliphatic carbocycles. The van der Waals surface area contributed by atoms with E-state index in [4.69, 9.17) is 174 Å². The van der Waals surface area contributed by atoms with Crippen LogP contribution in [-0.4, -0.2) is 109 Å². The van der Waals surface area contributed by atoms with Crippen LogP contribution in [0.3, 0.4) is 0 Å². The second kappa shape index (κ2) is 47.4. The van der Waals surface area contributed by atoms with Gasteiger partial charge in [-0.1, -0.05) is 286 Å². The minimum atomic E-state index is -0.377. The molecule has 0 unspecified atom stereocenters. The number of halogens is 11. The summed E-state index contributed by atoms with van der Waals surface area (Å²) in [5.41, 5.74) is 25.1. The van der Waals surface area contributed by atoms with Gasteiger partial charge in [-0.05, 0) is 309 Å². The highest BCUT2D eigenvalue weighted by Crippen LogP contribution is 2.43. The third kappa shape index (κ3) is 26.7. The Balaban J connectivity index is 0.000000138. The Hall–Kier alpha value is -12.5. The summed E-state index contributed by atoms with van der Waals surface area (Å²) in [7, 11) is -0.110. The van der Waals surface area contributed by atoms with Crippen molar-refractivity contribution in [2.24, 2.45) is 0 Å². The number of para-hydroxylation sites is 5. The zero-order chi connectivity index (χ0) is 104. The first-order chi connectivity index (χ1) is 71.1. The molecule has 149 heavy (non-hydrogen) atoms. The monoisotopic (exact) mass is 2270 g/mol. The zero-order valence-corrected chi connectivity index (χ0v) is 91.3. The lowest BCUT2D eigenvalue weighted by Crippen LogP contribution is -2.41. The first kappa shape index (κ1) is 108. The quantitative estimate of drug-likeness (QED) is 0.0607. The van der Waals surface area contributed by atoms with Crippen LogP contribution in [0.5, 0.6) is 5.75 Å². The van der Waals surface area contributed by atoms with Crippen molar-refractivity contribution in [2.45, 2.75) is 84.7 Å². The number of fused-ring (bicyclic) bond motifs is 5. The predicted octanol–water partition coefficient (Wildman–Crippen LogP) is 32.3. The SMILES string of the molecule is CC1(C)OB(c2cccc(B3OC(C)(C)C(C)(C)O3)c2)OC1(C)C.Cc1cc(Cl)nc(Cl)c1.Clc1cc(-c2cccc(-c3cc(Cl)nc(Cl)c3)c2)cc(Cl)n1.Clc1cc(-c2cccc(-c3cc(Cl)nc(Cl)c3)c2)cc(Cl)n1.I.O[B]Oc1cnc2ccccc2c1.c1cc(-c2cc(-c3cnc4ccccc4c3)nc(-c3cnc4ccccc4c3)c2)cc(-c2cc(-c3cnc4ccccc4c3)nc(-c3cnc4ccccc4c3)c2)c1. The Morgan fingerprint density at radius 2 is 0.456 bits per heavy atom. The van der Waals surface area contributed by atoms with Gasteiger partial charge >= 0.3 is 21.9 Å². The lowest BCUT2D eigenvalue weighted by atomic mass is 9.72. The molecule has 0 spiro atoms. The predicted molar refractivity (Wildman–Crippen MR) is 624 cm³/mol. The average molecular weight is 2270 g/mol. The summed E-state index contributed by atoms with van der Waals surface area (Å²) in [6.07, 6.45) is 9.22. The Kier molecular flexibility index (Phi) is 34.3. The van der Waals surface area contributed by atoms with Gasteiger partial charge in [0.15, 0.2) is 0 Å². The van der Waals surface area contributed by atoms with E-state index in [1.54, 1.807) is 66.9 Å².